The van der Waals surface area contributed by atoms with E-state index in [1.54, 1.807) is 25.3 Å². The number of rotatable bonds is 5. The summed E-state index contributed by atoms with van der Waals surface area (Å²) in [5, 5.41) is 0.809. The molecule has 2 aromatic rings. The molecule has 0 saturated carbocycles. The van der Waals surface area contributed by atoms with Gasteiger partial charge in [0.05, 0.1) is 6.61 Å². The van der Waals surface area contributed by atoms with E-state index in [0.29, 0.717) is 30.0 Å². The second-order valence-electron chi connectivity index (χ2n) is 4.32. The molecule has 0 saturated heterocycles. The number of pyridine rings is 1. The molecule has 0 aliphatic rings. The summed E-state index contributed by atoms with van der Waals surface area (Å²) in [6, 6.07) is 7.16. The molecule has 0 bridgehead atoms. The SMILES string of the molecule is CCOC(=O)C(CC)Oc1ccc(N)c2cccnc12. The summed E-state index contributed by atoms with van der Waals surface area (Å²) in [7, 11) is 0. The smallest absolute Gasteiger partial charge is 0.347 e. The van der Waals surface area contributed by atoms with Crippen LogP contribution in [0.15, 0.2) is 30.5 Å². The van der Waals surface area contributed by atoms with Gasteiger partial charge in [-0.3, -0.25) is 4.98 Å². The van der Waals surface area contributed by atoms with E-state index >= 15 is 0 Å². The first-order chi connectivity index (χ1) is 9.67. The predicted molar refractivity (Wildman–Crippen MR) is 77.5 cm³/mol. The fraction of sp³-hybridized carbons (Fsp3) is 0.333. The van der Waals surface area contributed by atoms with Crippen molar-refractivity contribution in [3.8, 4) is 5.75 Å². The van der Waals surface area contributed by atoms with Crippen LogP contribution in [0.5, 0.6) is 5.75 Å². The number of ether oxygens (including phenoxy) is 2. The standard InChI is InChI=1S/C15H18N2O3/c1-3-12(15(18)19-4-2)20-13-8-7-11(16)10-6-5-9-17-14(10)13/h5-9,12H,3-4,16H2,1-2H3. The van der Waals surface area contributed by atoms with E-state index in [9.17, 15) is 4.79 Å². The summed E-state index contributed by atoms with van der Waals surface area (Å²) in [4.78, 5) is 16.1. The Labute approximate surface area is 117 Å². The third-order valence-electron chi connectivity index (χ3n) is 2.96. The zero-order chi connectivity index (χ0) is 14.5. The molecule has 2 rings (SSSR count). The number of esters is 1. The highest BCUT2D eigenvalue weighted by Crippen LogP contribution is 2.29. The number of carbonyl (C=O) groups is 1. The Morgan fingerprint density at radius 3 is 2.85 bits per heavy atom. The minimum Gasteiger partial charge on any atom is -0.476 e. The van der Waals surface area contributed by atoms with Gasteiger partial charge in [0.15, 0.2) is 6.10 Å². The number of nitrogen functional groups attached to an aromatic ring is 1. The lowest BCUT2D eigenvalue weighted by Gasteiger charge is -2.17. The highest BCUT2D eigenvalue weighted by atomic mass is 16.6. The maximum atomic E-state index is 11.8. The van der Waals surface area contributed by atoms with Gasteiger partial charge in [-0.2, -0.15) is 0 Å². The maximum Gasteiger partial charge on any atom is 0.347 e. The van der Waals surface area contributed by atoms with Gasteiger partial charge in [-0.1, -0.05) is 6.92 Å². The molecule has 1 atom stereocenters. The molecule has 5 heteroatoms. The zero-order valence-corrected chi connectivity index (χ0v) is 11.6. The van der Waals surface area contributed by atoms with E-state index in [0.717, 1.165) is 5.39 Å². The lowest BCUT2D eigenvalue weighted by Crippen LogP contribution is -2.28. The van der Waals surface area contributed by atoms with E-state index in [4.69, 9.17) is 15.2 Å². The van der Waals surface area contributed by atoms with Crippen LogP contribution in [-0.2, 0) is 9.53 Å². The van der Waals surface area contributed by atoms with E-state index in [2.05, 4.69) is 4.98 Å². The summed E-state index contributed by atoms with van der Waals surface area (Å²) in [5.74, 6) is 0.172. The number of hydrogen-bond donors (Lipinski definition) is 1. The average molecular weight is 274 g/mol. The largest absolute Gasteiger partial charge is 0.476 e. The molecule has 1 aromatic heterocycles. The van der Waals surface area contributed by atoms with Crippen LogP contribution in [0.3, 0.4) is 0 Å². The first-order valence-corrected chi connectivity index (χ1v) is 6.63. The predicted octanol–water partition coefficient (Wildman–Crippen LogP) is 2.54. The van der Waals surface area contributed by atoms with Gasteiger partial charge in [-0.15, -0.1) is 0 Å². The number of fused-ring (bicyclic) bond motifs is 1. The molecule has 0 radical (unpaired) electrons. The highest BCUT2D eigenvalue weighted by molar-refractivity contribution is 5.94. The van der Waals surface area contributed by atoms with Crippen molar-refractivity contribution >= 4 is 22.6 Å². The first kappa shape index (κ1) is 14.1. The number of nitrogens with zero attached hydrogens (tertiary/aromatic N) is 1. The minimum absolute atomic E-state index is 0.333. The second kappa shape index (κ2) is 6.23. The van der Waals surface area contributed by atoms with Crippen LogP contribution in [0, 0.1) is 0 Å². The molecule has 5 nitrogen and oxygen atoms in total. The molecule has 1 heterocycles. The Morgan fingerprint density at radius 1 is 1.35 bits per heavy atom. The van der Waals surface area contributed by atoms with Crippen molar-refractivity contribution in [2.45, 2.75) is 26.4 Å². The topological polar surface area (TPSA) is 74.4 Å². The van der Waals surface area contributed by atoms with Crippen LogP contribution in [0.4, 0.5) is 5.69 Å². The van der Waals surface area contributed by atoms with Crippen LogP contribution in [0.25, 0.3) is 10.9 Å². The van der Waals surface area contributed by atoms with Crippen molar-refractivity contribution < 1.29 is 14.3 Å². The van der Waals surface area contributed by atoms with Crippen molar-refractivity contribution in [2.75, 3.05) is 12.3 Å². The molecule has 0 aliphatic carbocycles. The molecular formula is C15H18N2O3. The van der Waals surface area contributed by atoms with Gasteiger partial charge in [0.2, 0.25) is 0 Å². The van der Waals surface area contributed by atoms with Crippen LogP contribution >= 0.6 is 0 Å². The zero-order valence-electron chi connectivity index (χ0n) is 11.6. The normalized spacial score (nSPS) is 12.1. The Morgan fingerprint density at radius 2 is 2.15 bits per heavy atom. The molecule has 0 amide bonds. The van der Waals surface area contributed by atoms with Gasteiger partial charge < -0.3 is 15.2 Å². The lowest BCUT2D eigenvalue weighted by atomic mass is 10.1. The van der Waals surface area contributed by atoms with E-state index in [1.807, 2.05) is 19.1 Å². The highest BCUT2D eigenvalue weighted by Gasteiger charge is 2.21. The average Bonchev–Trinajstić information content (AvgIpc) is 2.47. The Hall–Kier alpha value is -2.30. The van der Waals surface area contributed by atoms with Crippen molar-refractivity contribution in [3.05, 3.63) is 30.5 Å². The van der Waals surface area contributed by atoms with Gasteiger partial charge in [-0.25, -0.2) is 4.79 Å². The fourth-order valence-electron chi connectivity index (χ4n) is 1.95. The van der Waals surface area contributed by atoms with Gasteiger partial charge >= 0.3 is 5.97 Å². The quantitative estimate of drug-likeness (QED) is 0.670. The third-order valence-corrected chi connectivity index (χ3v) is 2.96. The van der Waals surface area contributed by atoms with Crippen molar-refractivity contribution in [1.82, 2.24) is 4.98 Å². The lowest BCUT2D eigenvalue weighted by molar-refractivity contribution is -0.151. The molecule has 0 aliphatic heterocycles. The Balaban J connectivity index is 2.33. The summed E-state index contributed by atoms with van der Waals surface area (Å²) in [5.41, 5.74) is 7.19. The van der Waals surface area contributed by atoms with Gasteiger partial charge in [0.1, 0.15) is 11.3 Å². The number of aromatic nitrogens is 1. The number of nitrogens with two attached hydrogens (primary N) is 1. The number of anilines is 1. The number of carbonyl (C=O) groups excluding carboxylic acids is 1. The monoisotopic (exact) mass is 274 g/mol. The fourth-order valence-corrected chi connectivity index (χ4v) is 1.95. The first-order valence-electron chi connectivity index (χ1n) is 6.63. The molecule has 1 aromatic carbocycles. The van der Waals surface area contributed by atoms with Crippen molar-refractivity contribution in [1.29, 1.82) is 0 Å². The summed E-state index contributed by atoms with van der Waals surface area (Å²) in [6.07, 6.45) is 1.56. The van der Waals surface area contributed by atoms with Crippen molar-refractivity contribution in [2.24, 2.45) is 0 Å². The van der Waals surface area contributed by atoms with Gasteiger partial charge in [-0.05, 0) is 37.6 Å². The molecule has 0 fully saturated rings. The van der Waals surface area contributed by atoms with Crippen LogP contribution < -0.4 is 10.5 Å². The van der Waals surface area contributed by atoms with Crippen molar-refractivity contribution in [3.63, 3.8) is 0 Å². The Kier molecular flexibility index (Phi) is 4.40. The van der Waals surface area contributed by atoms with Crippen LogP contribution in [0.2, 0.25) is 0 Å². The summed E-state index contributed by atoms with van der Waals surface area (Å²) < 4.78 is 10.7. The van der Waals surface area contributed by atoms with Gasteiger partial charge in [0, 0.05) is 17.3 Å². The molecule has 20 heavy (non-hydrogen) atoms. The summed E-state index contributed by atoms with van der Waals surface area (Å²) in [6.45, 7) is 3.97. The second-order valence-corrected chi connectivity index (χ2v) is 4.32. The van der Waals surface area contributed by atoms with Gasteiger partial charge in [0.25, 0.3) is 0 Å². The number of hydrogen-bond acceptors (Lipinski definition) is 5. The Bertz CT molecular complexity index is 613. The molecule has 0 spiro atoms. The minimum atomic E-state index is -0.635. The molecule has 2 N–H and O–H groups in total. The maximum absolute atomic E-state index is 11.8. The number of benzene rings is 1. The van der Waals surface area contributed by atoms with E-state index < -0.39 is 6.10 Å². The summed E-state index contributed by atoms with van der Waals surface area (Å²) >= 11 is 0. The molecule has 1 unspecified atom stereocenters. The third kappa shape index (κ3) is 2.82. The van der Waals surface area contributed by atoms with E-state index in [-0.39, 0.29) is 5.97 Å². The molecule has 106 valence electrons. The van der Waals surface area contributed by atoms with Crippen LogP contribution in [0.1, 0.15) is 20.3 Å². The van der Waals surface area contributed by atoms with E-state index in [1.165, 1.54) is 0 Å². The van der Waals surface area contributed by atoms with Crippen LogP contribution in [-0.4, -0.2) is 23.7 Å². The molecular weight excluding hydrogens is 256 g/mol.